The Kier molecular flexibility index (Phi) is 3.90. The molecule has 2 aromatic carbocycles. The van der Waals surface area contributed by atoms with Crippen molar-refractivity contribution in [2.75, 3.05) is 11.9 Å². The zero-order valence-electron chi connectivity index (χ0n) is 11.2. The lowest BCUT2D eigenvalue weighted by molar-refractivity contribution is -0.118. The first kappa shape index (κ1) is 14.0. The first-order valence-electron chi connectivity index (χ1n) is 6.72. The van der Waals surface area contributed by atoms with Crippen LogP contribution >= 0.6 is 11.6 Å². The minimum atomic E-state index is -0.550. The number of anilines is 1. The van der Waals surface area contributed by atoms with E-state index in [0.29, 0.717) is 5.69 Å². The fourth-order valence-electron chi connectivity index (χ4n) is 2.53. The third kappa shape index (κ3) is 2.91. The van der Waals surface area contributed by atoms with Crippen molar-refractivity contribution in [1.82, 2.24) is 5.32 Å². The zero-order valence-corrected chi connectivity index (χ0v) is 12.0. The fourth-order valence-corrected chi connectivity index (χ4v) is 2.64. The molecule has 0 aliphatic carbocycles. The molecule has 0 fully saturated rings. The summed E-state index contributed by atoms with van der Waals surface area (Å²) >= 11 is 5.63. The first-order chi connectivity index (χ1) is 10.1. The summed E-state index contributed by atoms with van der Waals surface area (Å²) in [6.07, 6.45) is 0.898. The molecule has 0 saturated carbocycles. The second kappa shape index (κ2) is 5.84. The maximum Gasteiger partial charge on any atom is 0.246 e. The van der Waals surface area contributed by atoms with Gasteiger partial charge in [-0.3, -0.25) is 4.79 Å². The topological polar surface area (TPSA) is 41.1 Å². The Bertz CT molecular complexity index is 690. The molecule has 1 heterocycles. The molecule has 1 atom stereocenters. The summed E-state index contributed by atoms with van der Waals surface area (Å²) in [6, 6.07) is 11.6. The van der Waals surface area contributed by atoms with Crippen LogP contribution < -0.4 is 10.6 Å². The molecule has 1 aliphatic rings. The van der Waals surface area contributed by atoms with Crippen molar-refractivity contribution in [2.24, 2.45) is 0 Å². The maximum absolute atomic E-state index is 13.4. The van der Waals surface area contributed by atoms with Gasteiger partial charge in [0.05, 0.1) is 5.02 Å². The van der Waals surface area contributed by atoms with Crippen LogP contribution in [0.15, 0.2) is 42.5 Å². The third-order valence-corrected chi connectivity index (χ3v) is 3.86. The molecule has 0 bridgehead atoms. The summed E-state index contributed by atoms with van der Waals surface area (Å²) in [5.41, 5.74) is 2.53. The van der Waals surface area contributed by atoms with Crippen LogP contribution in [-0.2, 0) is 11.2 Å². The highest BCUT2D eigenvalue weighted by atomic mass is 35.5. The Morgan fingerprint density at radius 3 is 2.90 bits per heavy atom. The van der Waals surface area contributed by atoms with E-state index in [1.807, 2.05) is 24.3 Å². The van der Waals surface area contributed by atoms with Crippen LogP contribution in [0.1, 0.15) is 17.2 Å². The molecule has 0 spiro atoms. The highest BCUT2D eigenvalue weighted by molar-refractivity contribution is 6.30. The number of hydrogen-bond donors (Lipinski definition) is 2. The van der Waals surface area contributed by atoms with Crippen LogP contribution in [0.5, 0.6) is 0 Å². The number of fused-ring (bicyclic) bond motifs is 1. The van der Waals surface area contributed by atoms with Gasteiger partial charge in [-0.15, -0.1) is 0 Å². The number of hydrogen-bond acceptors (Lipinski definition) is 2. The Labute approximate surface area is 127 Å². The minimum absolute atomic E-state index is 0.0362. The van der Waals surface area contributed by atoms with Gasteiger partial charge in [0.2, 0.25) is 5.91 Å². The van der Waals surface area contributed by atoms with Crippen molar-refractivity contribution in [3.63, 3.8) is 0 Å². The fraction of sp³-hybridized carbons (Fsp3) is 0.188. The van der Waals surface area contributed by atoms with Crippen LogP contribution in [-0.4, -0.2) is 12.5 Å². The van der Waals surface area contributed by atoms with Gasteiger partial charge in [-0.2, -0.15) is 0 Å². The SMILES string of the molecule is O=C(Nc1ccc(Cl)c(F)c1)C1NCCc2ccccc21. The molecule has 2 N–H and O–H groups in total. The molecular formula is C16H14ClFN2O. The van der Waals surface area contributed by atoms with Gasteiger partial charge in [-0.05, 0) is 35.7 Å². The lowest BCUT2D eigenvalue weighted by Gasteiger charge is -2.26. The molecule has 0 aromatic heterocycles. The number of benzene rings is 2. The summed E-state index contributed by atoms with van der Waals surface area (Å²) in [6.45, 7) is 0.740. The van der Waals surface area contributed by atoms with Gasteiger partial charge in [0, 0.05) is 12.2 Å². The molecule has 3 rings (SSSR count). The number of carbonyl (C=O) groups is 1. The Morgan fingerprint density at radius 2 is 2.10 bits per heavy atom. The van der Waals surface area contributed by atoms with E-state index in [-0.39, 0.29) is 10.9 Å². The number of nitrogens with one attached hydrogen (secondary N) is 2. The van der Waals surface area contributed by atoms with Gasteiger partial charge in [0.15, 0.2) is 0 Å². The predicted octanol–water partition coefficient (Wildman–Crippen LogP) is 3.30. The van der Waals surface area contributed by atoms with Crippen molar-refractivity contribution >= 4 is 23.2 Å². The van der Waals surface area contributed by atoms with Crippen molar-refractivity contribution in [2.45, 2.75) is 12.5 Å². The number of carbonyl (C=O) groups excluding carboxylic acids is 1. The lowest BCUT2D eigenvalue weighted by atomic mass is 9.94. The van der Waals surface area contributed by atoms with E-state index in [1.54, 1.807) is 6.07 Å². The molecule has 21 heavy (non-hydrogen) atoms. The number of halogens is 2. The summed E-state index contributed by atoms with van der Waals surface area (Å²) in [7, 11) is 0. The molecule has 5 heteroatoms. The average molecular weight is 305 g/mol. The van der Waals surface area contributed by atoms with E-state index in [1.165, 1.54) is 17.7 Å². The Balaban J connectivity index is 1.81. The monoisotopic (exact) mass is 304 g/mol. The third-order valence-electron chi connectivity index (χ3n) is 3.56. The van der Waals surface area contributed by atoms with Crippen LogP contribution in [0.2, 0.25) is 5.02 Å². The van der Waals surface area contributed by atoms with E-state index < -0.39 is 11.9 Å². The lowest BCUT2D eigenvalue weighted by Crippen LogP contribution is -2.38. The van der Waals surface area contributed by atoms with E-state index in [2.05, 4.69) is 10.6 Å². The second-order valence-corrected chi connectivity index (χ2v) is 5.36. The van der Waals surface area contributed by atoms with E-state index in [0.717, 1.165) is 18.5 Å². The largest absolute Gasteiger partial charge is 0.324 e. The molecule has 0 radical (unpaired) electrons. The van der Waals surface area contributed by atoms with Gasteiger partial charge in [0.25, 0.3) is 0 Å². The van der Waals surface area contributed by atoms with Gasteiger partial charge >= 0.3 is 0 Å². The van der Waals surface area contributed by atoms with Gasteiger partial charge in [-0.25, -0.2) is 4.39 Å². The molecule has 108 valence electrons. The molecule has 1 amide bonds. The molecule has 1 aliphatic heterocycles. The van der Waals surface area contributed by atoms with E-state index >= 15 is 0 Å². The molecule has 2 aromatic rings. The minimum Gasteiger partial charge on any atom is -0.324 e. The average Bonchev–Trinajstić information content (AvgIpc) is 2.50. The molecule has 3 nitrogen and oxygen atoms in total. The van der Waals surface area contributed by atoms with Crippen molar-refractivity contribution in [3.05, 3.63) is 64.4 Å². The van der Waals surface area contributed by atoms with Crippen molar-refractivity contribution in [1.29, 1.82) is 0 Å². The molecular weight excluding hydrogens is 291 g/mol. The maximum atomic E-state index is 13.4. The van der Waals surface area contributed by atoms with E-state index in [4.69, 9.17) is 11.6 Å². The quantitative estimate of drug-likeness (QED) is 0.894. The predicted molar refractivity (Wildman–Crippen MR) is 80.9 cm³/mol. The number of rotatable bonds is 2. The second-order valence-electron chi connectivity index (χ2n) is 4.95. The molecule has 1 unspecified atom stereocenters. The highest BCUT2D eigenvalue weighted by Gasteiger charge is 2.25. The van der Waals surface area contributed by atoms with Crippen molar-refractivity contribution in [3.8, 4) is 0 Å². The van der Waals surface area contributed by atoms with E-state index in [9.17, 15) is 9.18 Å². The van der Waals surface area contributed by atoms with Gasteiger partial charge in [0.1, 0.15) is 11.9 Å². The van der Waals surface area contributed by atoms with Crippen LogP contribution in [0.25, 0.3) is 0 Å². The summed E-state index contributed by atoms with van der Waals surface area (Å²) < 4.78 is 13.4. The van der Waals surface area contributed by atoms with Gasteiger partial charge < -0.3 is 10.6 Å². The van der Waals surface area contributed by atoms with Gasteiger partial charge in [-0.1, -0.05) is 35.9 Å². The normalized spacial score (nSPS) is 17.1. The molecule has 0 saturated heterocycles. The Morgan fingerprint density at radius 1 is 1.29 bits per heavy atom. The van der Waals surface area contributed by atoms with Crippen LogP contribution in [0.4, 0.5) is 10.1 Å². The zero-order chi connectivity index (χ0) is 14.8. The highest BCUT2D eigenvalue weighted by Crippen LogP contribution is 2.25. The standard InChI is InChI=1S/C16H14ClFN2O/c17-13-6-5-11(9-14(13)18)20-16(21)15-12-4-2-1-3-10(12)7-8-19-15/h1-6,9,15,19H,7-8H2,(H,20,21). The summed E-state index contributed by atoms with van der Waals surface area (Å²) in [5.74, 6) is -0.754. The Hall–Kier alpha value is -1.91. The van der Waals surface area contributed by atoms with Crippen LogP contribution in [0.3, 0.4) is 0 Å². The number of amides is 1. The summed E-state index contributed by atoms with van der Waals surface area (Å²) in [4.78, 5) is 12.4. The van der Waals surface area contributed by atoms with Crippen molar-refractivity contribution < 1.29 is 9.18 Å². The van der Waals surface area contributed by atoms with Crippen LogP contribution in [0, 0.1) is 5.82 Å². The first-order valence-corrected chi connectivity index (χ1v) is 7.10. The smallest absolute Gasteiger partial charge is 0.246 e. The summed E-state index contributed by atoms with van der Waals surface area (Å²) in [5, 5.41) is 5.95.